The number of rotatable bonds is 4. The fourth-order valence-electron chi connectivity index (χ4n) is 1.31. The Morgan fingerprint density at radius 2 is 2.37 bits per heavy atom. The maximum atomic E-state index is 10.5. The van der Waals surface area contributed by atoms with Gasteiger partial charge in [-0.25, -0.2) is 9.98 Å². The largest absolute Gasteiger partial charge is 0.504 e. The minimum absolute atomic E-state index is 0.0320. The molecule has 0 radical (unpaired) electrons. The lowest BCUT2D eigenvalue weighted by atomic mass is 10.2. The lowest BCUT2D eigenvalue weighted by Crippen LogP contribution is -1.86. The zero-order valence-corrected chi connectivity index (χ0v) is 10.6. The van der Waals surface area contributed by atoms with Gasteiger partial charge in [0.15, 0.2) is 11.5 Å². The third-order valence-corrected chi connectivity index (χ3v) is 3.05. The molecule has 0 atom stereocenters. The van der Waals surface area contributed by atoms with Gasteiger partial charge in [-0.15, -0.1) is 0 Å². The summed E-state index contributed by atoms with van der Waals surface area (Å²) in [5, 5.41) is 20.1. The summed E-state index contributed by atoms with van der Waals surface area (Å²) in [6, 6.07) is 4.72. The number of phenols is 1. The Balaban J connectivity index is 2.19. The van der Waals surface area contributed by atoms with Crippen LogP contribution in [-0.2, 0) is 0 Å². The molecule has 0 unspecified atom stereocenters. The van der Waals surface area contributed by atoms with Crippen molar-refractivity contribution < 1.29 is 14.8 Å². The standard InChI is InChI=1S/C11H9N3O4S/c1-18-9-4-7(2-3-8(9)15)5-12-11-13-6-10(19-11)14(16)17/h2-6,15H,1H3/b12-5-. The smallest absolute Gasteiger partial charge is 0.345 e. The number of benzene rings is 1. The van der Waals surface area contributed by atoms with E-state index < -0.39 is 4.92 Å². The van der Waals surface area contributed by atoms with E-state index in [4.69, 9.17) is 4.74 Å². The quantitative estimate of drug-likeness (QED) is 0.526. The molecule has 0 spiro atoms. The van der Waals surface area contributed by atoms with Crippen molar-refractivity contribution in [2.24, 2.45) is 4.99 Å². The zero-order chi connectivity index (χ0) is 13.8. The summed E-state index contributed by atoms with van der Waals surface area (Å²) in [5.74, 6) is 0.360. The van der Waals surface area contributed by atoms with E-state index in [0.717, 1.165) is 17.5 Å². The van der Waals surface area contributed by atoms with Gasteiger partial charge >= 0.3 is 5.00 Å². The van der Waals surface area contributed by atoms with Crippen LogP contribution in [0.5, 0.6) is 11.5 Å². The summed E-state index contributed by atoms with van der Waals surface area (Å²) in [6.07, 6.45) is 2.65. The first-order chi connectivity index (χ1) is 9.10. The molecular formula is C11H9N3O4S. The molecule has 0 saturated carbocycles. The van der Waals surface area contributed by atoms with Gasteiger partial charge in [0, 0.05) is 6.21 Å². The second kappa shape index (κ2) is 5.44. The third-order valence-electron chi connectivity index (χ3n) is 2.19. The van der Waals surface area contributed by atoms with Crippen molar-refractivity contribution in [1.82, 2.24) is 4.98 Å². The minimum atomic E-state index is -0.514. The van der Waals surface area contributed by atoms with Gasteiger partial charge in [-0.1, -0.05) is 0 Å². The van der Waals surface area contributed by atoms with Crippen LogP contribution >= 0.6 is 11.3 Å². The van der Waals surface area contributed by atoms with Crippen molar-refractivity contribution >= 4 is 27.7 Å². The molecule has 98 valence electrons. The molecule has 0 amide bonds. The Morgan fingerprint density at radius 1 is 1.58 bits per heavy atom. The van der Waals surface area contributed by atoms with Crippen molar-refractivity contribution in [3.63, 3.8) is 0 Å². The number of aromatic nitrogens is 1. The van der Waals surface area contributed by atoms with Gasteiger partial charge in [0.1, 0.15) is 6.20 Å². The van der Waals surface area contributed by atoms with Crippen LogP contribution in [0.1, 0.15) is 5.56 Å². The fourth-order valence-corrected chi connectivity index (χ4v) is 1.88. The van der Waals surface area contributed by atoms with Crippen LogP contribution < -0.4 is 4.74 Å². The van der Waals surface area contributed by atoms with E-state index in [1.165, 1.54) is 19.4 Å². The Morgan fingerprint density at radius 3 is 3.00 bits per heavy atom. The van der Waals surface area contributed by atoms with Crippen molar-refractivity contribution in [3.8, 4) is 11.5 Å². The summed E-state index contributed by atoms with van der Waals surface area (Å²) in [4.78, 5) is 17.8. The highest BCUT2D eigenvalue weighted by Gasteiger charge is 2.10. The fraction of sp³-hybridized carbons (Fsp3) is 0.0909. The summed E-state index contributed by atoms with van der Waals surface area (Å²) in [5.41, 5.74) is 0.688. The van der Waals surface area contributed by atoms with Gasteiger partial charge in [0.05, 0.1) is 12.0 Å². The van der Waals surface area contributed by atoms with Crippen LogP contribution in [0.3, 0.4) is 0 Å². The summed E-state index contributed by atoms with van der Waals surface area (Å²) < 4.78 is 4.96. The number of hydrogen-bond donors (Lipinski definition) is 1. The van der Waals surface area contributed by atoms with Crippen LogP contribution in [-0.4, -0.2) is 28.3 Å². The lowest BCUT2D eigenvalue weighted by Gasteiger charge is -2.02. The number of ether oxygens (including phenoxy) is 1. The predicted octanol–water partition coefficient (Wildman–Crippen LogP) is 2.52. The molecule has 0 saturated heterocycles. The number of aliphatic imine (C=N–C) groups is 1. The van der Waals surface area contributed by atoms with Crippen LogP contribution in [0.4, 0.5) is 10.1 Å². The van der Waals surface area contributed by atoms with Crippen LogP contribution in [0.25, 0.3) is 0 Å². The third kappa shape index (κ3) is 3.05. The highest BCUT2D eigenvalue weighted by molar-refractivity contribution is 7.18. The van der Waals surface area contributed by atoms with Crippen molar-refractivity contribution in [2.45, 2.75) is 0 Å². The first kappa shape index (κ1) is 13.0. The van der Waals surface area contributed by atoms with Gasteiger partial charge in [-0.3, -0.25) is 10.1 Å². The first-order valence-electron chi connectivity index (χ1n) is 5.11. The second-order valence-corrected chi connectivity index (χ2v) is 4.42. The number of nitro groups is 1. The Bertz CT molecular complexity index is 639. The molecule has 1 N–H and O–H groups in total. The van der Waals surface area contributed by atoms with E-state index in [2.05, 4.69) is 9.98 Å². The molecule has 7 nitrogen and oxygen atoms in total. The molecule has 19 heavy (non-hydrogen) atoms. The van der Waals surface area contributed by atoms with Gasteiger partial charge < -0.3 is 9.84 Å². The van der Waals surface area contributed by atoms with E-state index in [0.29, 0.717) is 16.4 Å². The Labute approximate surface area is 112 Å². The molecule has 0 aliphatic heterocycles. The van der Waals surface area contributed by atoms with E-state index in [9.17, 15) is 15.2 Å². The van der Waals surface area contributed by atoms with Crippen LogP contribution in [0.2, 0.25) is 0 Å². The van der Waals surface area contributed by atoms with E-state index in [1.54, 1.807) is 12.1 Å². The molecule has 0 aliphatic carbocycles. The lowest BCUT2D eigenvalue weighted by molar-refractivity contribution is -0.380. The number of aromatic hydroxyl groups is 1. The average Bonchev–Trinajstić information content (AvgIpc) is 2.87. The van der Waals surface area contributed by atoms with Gasteiger partial charge in [-0.2, -0.15) is 0 Å². The summed E-state index contributed by atoms with van der Waals surface area (Å²) >= 11 is 0.885. The predicted molar refractivity (Wildman–Crippen MR) is 70.7 cm³/mol. The normalized spacial score (nSPS) is 10.8. The number of nitrogens with zero attached hydrogens (tertiary/aromatic N) is 3. The SMILES string of the molecule is COc1cc(/C=N\c2ncc([N+](=O)[O-])s2)ccc1O. The maximum Gasteiger partial charge on any atom is 0.345 e. The van der Waals surface area contributed by atoms with Gasteiger partial charge in [0.2, 0.25) is 5.13 Å². The number of hydrogen-bond acceptors (Lipinski definition) is 7. The minimum Gasteiger partial charge on any atom is -0.504 e. The monoisotopic (exact) mass is 279 g/mol. The topological polar surface area (TPSA) is 97.9 Å². The van der Waals surface area contributed by atoms with E-state index in [1.807, 2.05) is 0 Å². The van der Waals surface area contributed by atoms with Gasteiger partial charge in [0.25, 0.3) is 0 Å². The summed E-state index contributed by atoms with van der Waals surface area (Å²) in [6.45, 7) is 0. The Hall–Kier alpha value is -2.48. The van der Waals surface area contributed by atoms with Crippen molar-refractivity contribution in [3.05, 3.63) is 40.1 Å². The number of phenolic OH excluding ortho intramolecular Hbond substituents is 1. The molecule has 1 aromatic heterocycles. The summed E-state index contributed by atoms with van der Waals surface area (Å²) in [7, 11) is 1.44. The molecule has 0 aliphatic rings. The zero-order valence-electron chi connectivity index (χ0n) is 9.81. The maximum absolute atomic E-state index is 10.5. The van der Waals surface area contributed by atoms with Gasteiger partial charge in [-0.05, 0) is 35.1 Å². The number of thiazole rings is 1. The van der Waals surface area contributed by atoms with E-state index >= 15 is 0 Å². The highest BCUT2D eigenvalue weighted by atomic mass is 32.1. The van der Waals surface area contributed by atoms with Crippen molar-refractivity contribution in [1.29, 1.82) is 0 Å². The molecule has 0 fully saturated rings. The van der Waals surface area contributed by atoms with Crippen LogP contribution in [0, 0.1) is 10.1 Å². The molecule has 2 rings (SSSR count). The molecule has 8 heteroatoms. The highest BCUT2D eigenvalue weighted by Crippen LogP contribution is 2.28. The number of methoxy groups -OCH3 is 1. The molecule has 1 heterocycles. The average molecular weight is 279 g/mol. The Kier molecular flexibility index (Phi) is 3.71. The molecule has 1 aromatic carbocycles. The van der Waals surface area contributed by atoms with Crippen LogP contribution in [0.15, 0.2) is 29.4 Å². The molecular weight excluding hydrogens is 270 g/mol. The van der Waals surface area contributed by atoms with Crippen molar-refractivity contribution in [2.75, 3.05) is 7.11 Å². The van der Waals surface area contributed by atoms with E-state index in [-0.39, 0.29) is 10.8 Å². The second-order valence-electron chi connectivity index (χ2n) is 3.43. The first-order valence-corrected chi connectivity index (χ1v) is 5.93. The molecule has 0 bridgehead atoms. The molecule has 2 aromatic rings.